The van der Waals surface area contributed by atoms with Gasteiger partial charge in [-0.05, 0) is 54.5 Å². The lowest BCUT2D eigenvalue weighted by Gasteiger charge is -2.37. The standard InChI is InChI=1S/C22H26ClN3O/c23-20-8-3-9-21(13-20)24-22(27)26-11-4-5-17(15-26)14-25-12-10-18-6-1-2-7-19(18)16-25/h1-3,6-9,13,17H,4-5,10-12,14-16H2,(H,24,27)/t17-/m0/s1. The van der Waals surface area contributed by atoms with Gasteiger partial charge in [0.15, 0.2) is 0 Å². The van der Waals surface area contributed by atoms with E-state index in [0.717, 1.165) is 51.3 Å². The quantitative estimate of drug-likeness (QED) is 0.837. The molecule has 2 aromatic carbocycles. The highest BCUT2D eigenvalue weighted by atomic mass is 35.5. The van der Waals surface area contributed by atoms with E-state index in [-0.39, 0.29) is 6.03 Å². The largest absolute Gasteiger partial charge is 0.324 e. The molecule has 4 nitrogen and oxygen atoms in total. The van der Waals surface area contributed by atoms with Crippen LogP contribution in [0.5, 0.6) is 0 Å². The molecule has 2 amide bonds. The summed E-state index contributed by atoms with van der Waals surface area (Å²) in [4.78, 5) is 17.1. The predicted octanol–water partition coefficient (Wildman–Crippen LogP) is 4.64. The number of amides is 2. The molecule has 0 radical (unpaired) electrons. The van der Waals surface area contributed by atoms with Crippen molar-refractivity contribution in [3.8, 4) is 0 Å². The Balaban J connectivity index is 1.32. The first-order chi connectivity index (χ1) is 13.2. The molecule has 2 aliphatic rings. The summed E-state index contributed by atoms with van der Waals surface area (Å²) in [5, 5.41) is 3.61. The van der Waals surface area contributed by atoms with Crippen molar-refractivity contribution in [2.45, 2.75) is 25.8 Å². The maximum atomic E-state index is 12.6. The van der Waals surface area contributed by atoms with Crippen LogP contribution >= 0.6 is 11.6 Å². The molecule has 1 saturated heterocycles. The second-order valence-corrected chi connectivity index (χ2v) is 8.09. The van der Waals surface area contributed by atoms with E-state index >= 15 is 0 Å². The Morgan fingerprint density at radius 1 is 1.11 bits per heavy atom. The number of rotatable bonds is 3. The first kappa shape index (κ1) is 18.3. The fraction of sp³-hybridized carbons (Fsp3) is 0.409. The van der Waals surface area contributed by atoms with E-state index in [4.69, 9.17) is 11.6 Å². The Kier molecular flexibility index (Phi) is 5.65. The van der Waals surface area contributed by atoms with Crippen molar-refractivity contribution in [1.82, 2.24) is 9.80 Å². The number of fused-ring (bicyclic) bond motifs is 1. The minimum absolute atomic E-state index is 0.0223. The minimum atomic E-state index is -0.0223. The number of nitrogens with one attached hydrogen (secondary N) is 1. The third kappa shape index (κ3) is 4.63. The molecule has 0 aliphatic carbocycles. The summed E-state index contributed by atoms with van der Waals surface area (Å²) < 4.78 is 0. The van der Waals surface area contributed by atoms with Crippen molar-refractivity contribution >= 4 is 23.3 Å². The van der Waals surface area contributed by atoms with E-state index < -0.39 is 0 Å². The number of urea groups is 1. The minimum Gasteiger partial charge on any atom is -0.324 e. The summed E-state index contributed by atoms with van der Waals surface area (Å²) in [6, 6.07) is 16.0. The van der Waals surface area contributed by atoms with Gasteiger partial charge in [-0.3, -0.25) is 4.90 Å². The van der Waals surface area contributed by atoms with Crippen LogP contribution in [-0.2, 0) is 13.0 Å². The number of anilines is 1. The number of benzene rings is 2. The van der Waals surface area contributed by atoms with E-state index in [0.29, 0.717) is 10.9 Å². The Labute approximate surface area is 166 Å². The number of carbonyl (C=O) groups is 1. The maximum Gasteiger partial charge on any atom is 0.321 e. The van der Waals surface area contributed by atoms with Gasteiger partial charge in [0.1, 0.15) is 0 Å². The molecule has 1 N–H and O–H groups in total. The Hall–Kier alpha value is -2.04. The zero-order valence-electron chi connectivity index (χ0n) is 15.5. The Bertz CT molecular complexity index is 810. The lowest BCUT2D eigenvalue weighted by molar-refractivity contribution is 0.140. The molecule has 0 bridgehead atoms. The van der Waals surface area contributed by atoms with E-state index in [2.05, 4.69) is 34.5 Å². The molecule has 0 saturated carbocycles. The average Bonchev–Trinajstić information content (AvgIpc) is 2.68. The van der Waals surface area contributed by atoms with Crippen molar-refractivity contribution in [2.75, 3.05) is 31.5 Å². The van der Waals surface area contributed by atoms with Crippen LogP contribution in [0.25, 0.3) is 0 Å². The molecule has 1 fully saturated rings. The average molecular weight is 384 g/mol. The van der Waals surface area contributed by atoms with Gasteiger partial charge in [-0.15, -0.1) is 0 Å². The second-order valence-electron chi connectivity index (χ2n) is 7.65. The molecule has 4 rings (SSSR count). The van der Waals surface area contributed by atoms with Crippen molar-refractivity contribution in [1.29, 1.82) is 0 Å². The highest BCUT2D eigenvalue weighted by Crippen LogP contribution is 2.24. The zero-order valence-corrected chi connectivity index (χ0v) is 16.3. The van der Waals surface area contributed by atoms with E-state index in [9.17, 15) is 4.79 Å². The molecule has 2 aromatic rings. The van der Waals surface area contributed by atoms with Gasteiger partial charge >= 0.3 is 6.03 Å². The lowest BCUT2D eigenvalue weighted by Crippen LogP contribution is -2.46. The highest BCUT2D eigenvalue weighted by Gasteiger charge is 2.26. The van der Waals surface area contributed by atoms with Crippen LogP contribution in [0.2, 0.25) is 5.02 Å². The molecule has 0 spiro atoms. The number of piperidine rings is 1. The van der Waals surface area contributed by atoms with Crippen LogP contribution in [0, 0.1) is 5.92 Å². The first-order valence-electron chi connectivity index (χ1n) is 9.78. The van der Waals surface area contributed by atoms with Gasteiger partial charge in [-0.2, -0.15) is 0 Å². The van der Waals surface area contributed by atoms with Gasteiger partial charge < -0.3 is 10.2 Å². The molecule has 2 aliphatic heterocycles. The van der Waals surface area contributed by atoms with Crippen LogP contribution in [0.1, 0.15) is 24.0 Å². The smallest absolute Gasteiger partial charge is 0.321 e. The van der Waals surface area contributed by atoms with E-state index in [1.807, 2.05) is 23.1 Å². The SMILES string of the molecule is O=C(Nc1cccc(Cl)c1)N1CCC[C@@H](CN2CCc3ccccc3C2)C1. The molecule has 0 aromatic heterocycles. The molecule has 0 unspecified atom stereocenters. The number of halogens is 1. The van der Waals surface area contributed by atoms with Crippen LogP contribution < -0.4 is 5.32 Å². The van der Waals surface area contributed by atoms with Gasteiger partial charge in [0, 0.05) is 43.4 Å². The number of likely N-dealkylation sites (tertiary alicyclic amines) is 1. The number of hydrogen-bond donors (Lipinski definition) is 1. The molecule has 142 valence electrons. The van der Waals surface area contributed by atoms with Gasteiger partial charge in [0.2, 0.25) is 0 Å². The van der Waals surface area contributed by atoms with Crippen LogP contribution in [0.4, 0.5) is 10.5 Å². The molecule has 27 heavy (non-hydrogen) atoms. The summed E-state index contributed by atoms with van der Waals surface area (Å²) >= 11 is 6.01. The van der Waals surface area contributed by atoms with Gasteiger partial charge in [0.05, 0.1) is 0 Å². The fourth-order valence-corrected chi connectivity index (χ4v) is 4.43. The van der Waals surface area contributed by atoms with Crippen LogP contribution in [0.3, 0.4) is 0 Å². The van der Waals surface area contributed by atoms with Gasteiger partial charge in [-0.1, -0.05) is 41.9 Å². The Morgan fingerprint density at radius 2 is 1.96 bits per heavy atom. The predicted molar refractivity (Wildman–Crippen MR) is 110 cm³/mol. The molecular formula is C22H26ClN3O. The molecule has 5 heteroatoms. The third-order valence-corrected chi connectivity index (χ3v) is 5.84. The summed E-state index contributed by atoms with van der Waals surface area (Å²) in [5.41, 5.74) is 3.69. The van der Waals surface area contributed by atoms with Crippen molar-refractivity contribution in [3.63, 3.8) is 0 Å². The summed E-state index contributed by atoms with van der Waals surface area (Å²) in [5.74, 6) is 0.536. The first-order valence-corrected chi connectivity index (χ1v) is 10.2. The summed E-state index contributed by atoms with van der Waals surface area (Å²) in [6.07, 6.45) is 3.39. The Morgan fingerprint density at radius 3 is 2.81 bits per heavy atom. The van der Waals surface area contributed by atoms with Crippen LogP contribution in [0.15, 0.2) is 48.5 Å². The zero-order chi connectivity index (χ0) is 18.6. The van der Waals surface area contributed by atoms with E-state index in [1.165, 1.54) is 17.5 Å². The summed E-state index contributed by atoms with van der Waals surface area (Å²) in [6.45, 7) is 4.86. The topological polar surface area (TPSA) is 35.6 Å². The van der Waals surface area contributed by atoms with Gasteiger partial charge in [-0.25, -0.2) is 4.79 Å². The lowest BCUT2D eigenvalue weighted by atomic mass is 9.95. The fourth-order valence-electron chi connectivity index (χ4n) is 4.24. The molecule has 2 heterocycles. The van der Waals surface area contributed by atoms with Crippen molar-refractivity contribution in [3.05, 3.63) is 64.7 Å². The number of nitrogens with zero attached hydrogens (tertiary/aromatic N) is 2. The highest BCUT2D eigenvalue weighted by molar-refractivity contribution is 6.30. The second kappa shape index (κ2) is 8.32. The van der Waals surface area contributed by atoms with Crippen molar-refractivity contribution < 1.29 is 4.79 Å². The third-order valence-electron chi connectivity index (χ3n) is 5.61. The van der Waals surface area contributed by atoms with Crippen molar-refractivity contribution in [2.24, 2.45) is 5.92 Å². The maximum absolute atomic E-state index is 12.6. The summed E-state index contributed by atoms with van der Waals surface area (Å²) in [7, 11) is 0. The molecular weight excluding hydrogens is 358 g/mol. The normalized spacial score (nSPS) is 20.2. The van der Waals surface area contributed by atoms with E-state index in [1.54, 1.807) is 6.07 Å². The van der Waals surface area contributed by atoms with Gasteiger partial charge in [0.25, 0.3) is 0 Å². The monoisotopic (exact) mass is 383 g/mol. The molecule has 1 atom stereocenters. The number of carbonyl (C=O) groups excluding carboxylic acids is 1. The number of hydrogen-bond acceptors (Lipinski definition) is 2. The van der Waals surface area contributed by atoms with Crippen LogP contribution in [-0.4, -0.2) is 42.0 Å².